The Labute approximate surface area is 121 Å². The molecule has 1 aliphatic heterocycles. The summed E-state index contributed by atoms with van der Waals surface area (Å²) in [5.41, 5.74) is 0. The van der Waals surface area contributed by atoms with E-state index in [1.165, 1.54) is 75.0 Å². The Bertz CT molecular complexity index is 225. The van der Waals surface area contributed by atoms with Crippen LogP contribution in [0.3, 0.4) is 0 Å². The normalized spacial score (nSPS) is 16.0. The number of hydrogen-bond donors (Lipinski definition) is 1. The third-order valence-electron chi connectivity index (χ3n) is 3.94. The van der Waals surface area contributed by atoms with Gasteiger partial charge in [-0.1, -0.05) is 38.5 Å². The van der Waals surface area contributed by atoms with E-state index in [9.17, 15) is 4.79 Å². The van der Waals surface area contributed by atoms with E-state index in [2.05, 4.69) is 0 Å². The van der Waals surface area contributed by atoms with E-state index in [1.807, 2.05) is 0 Å². The zero-order valence-corrected chi connectivity index (χ0v) is 13.2. The Kier molecular flexibility index (Phi) is 10.3. The van der Waals surface area contributed by atoms with Crippen molar-refractivity contribution >= 4 is 16.9 Å². The van der Waals surface area contributed by atoms with E-state index in [1.54, 1.807) is 0 Å². The molecule has 112 valence electrons. The van der Waals surface area contributed by atoms with Gasteiger partial charge < -0.3 is 5.11 Å². The Morgan fingerprint density at radius 3 is 1.79 bits per heavy atom. The summed E-state index contributed by atoms with van der Waals surface area (Å²) in [5.74, 6) is 3.91. The summed E-state index contributed by atoms with van der Waals surface area (Å²) < 4.78 is 0. The first-order chi connectivity index (χ1) is 9.29. The Morgan fingerprint density at radius 1 is 0.789 bits per heavy atom. The predicted octanol–water partition coefficient (Wildman–Crippen LogP) is 4.38. The summed E-state index contributed by atoms with van der Waals surface area (Å²) in [6.45, 7) is 0. The van der Waals surface area contributed by atoms with Crippen LogP contribution in [-0.4, -0.2) is 28.3 Å². The molecule has 1 fully saturated rings. The standard InChI is InChI=1S/C16H30O2S/c17-16(18)12-8-6-4-2-1-3-5-7-9-13-19-14-10-11-15-19/h1-15H2/p+1. The summed E-state index contributed by atoms with van der Waals surface area (Å²) in [6.07, 6.45) is 14.8. The minimum Gasteiger partial charge on any atom is -0.481 e. The van der Waals surface area contributed by atoms with Gasteiger partial charge >= 0.3 is 5.97 Å². The molecule has 1 rings (SSSR count). The van der Waals surface area contributed by atoms with Gasteiger partial charge in [0.25, 0.3) is 0 Å². The second-order valence-electron chi connectivity index (χ2n) is 5.76. The third kappa shape index (κ3) is 10.3. The van der Waals surface area contributed by atoms with Crippen molar-refractivity contribution in [2.45, 2.75) is 77.0 Å². The number of carboxylic acid groups (broad SMARTS) is 1. The highest BCUT2D eigenvalue weighted by Gasteiger charge is 2.22. The lowest BCUT2D eigenvalue weighted by Crippen LogP contribution is -2.08. The van der Waals surface area contributed by atoms with Crippen molar-refractivity contribution in [3.8, 4) is 0 Å². The maximum atomic E-state index is 10.3. The molecule has 2 nitrogen and oxygen atoms in total. The molecule has 0 aliphatic carbocycles. The fraction of sp³-hybridized carbons (Fsp3) is 0.938. The van der Waals surface area contributed by atoms with E-state index in [4.69, 9.17) is 5.11 Å². The number of rotatable bonds is 12. The smallest absolute Gasteiger partial charge is 0.303 e. The van der Waals surface area contributed by atoms with Crippen LogP contribution in [0.25, 0.3) is 0 Å². The largest absolute Gasteiger partial charge is 0.481 e. The van der Waals surface area contributed by atoms with Gasteiger partial charge in [0.15, 0.2) is 0 Å². The molecule has 0 saturated carbocycles. The van der Waals surface area contributed by atoms with Crippen LogP contribution in [0, 0.1) is 0 Å². The molecule has 3 heteroatoms. The van der Waals surface area contributed by atoms with Gasteiger partial charge in [0.2, 0.25) is 0 Å². The maximum Gasteiger partial charge on any atom is 0.303 e. The second-order valence-corrected chi connectivity index (χ2v) is 8.21. The summed E-state index contributed by atoms with van der Waals surface area (Å²) in [4.78, 5) is 10.3. The van der Waals surface area contributed by atoms with Crippen molar-refractivity contribution in [1.29, 1.82) is 0 Å². The van der Waals surface area contributed by atoms with Crippen LogP contribution in [0.1, 0.15) is 77.0 Å². The fourth-order valence-electron chi connectivity index (χ4n) is 2.74. The van der Waals surface area contributed by atoms with Crippen molar-refractivity contribution in [2.75, 3.05) is 17.3 Å². The molecule has 0 unspecified atom stereocenters. The Balaban J connectivity index is 1.70. The number of carbonyl (C=O) groups is 1. The molecule has 0 atom stereocenters. The first-order valence-electron chi connectivity index (χ1n) is 8.15. The minimum absolute atomic E-state index is 0.349. The Hall–Kier alpha value is -0.180. The zero-order valence-electron chi connectivity index (χ0n) is 12.4. The van der Waals surface area contributed by atoms with Gasteiger partial charge in [0, 0.05) is 6.42 Å². The van der Waals surface area contributed by atoms with Crippen LogP contribution in [0.5, 0.6) is 0 Å². The molecule has 0 spiro atoms. The molecule has 0 aromatic carbocycles. The van der Waals surface area contributed by atoms with Gasteiger partial charge in [-0.2, -0.15) is 0 Å². The van der Waals surface area contributed by atoms with Gasteiger partial charge in [-0.3, -0.25) is 4.79 Å². The molecular weight excluding hydrogens is 256 g/mol. The molecule has 1 aliphatic rings. The summed E-state index contributed by atoms with van der Waals surface area (Å²) in [6, 6.07) is 0. The second kappa shape index (κ2) is 11.6. The van der Waals surface area contributed by atoms with Crippen LogP contribution in [0.15, 0.2) is 0 Å². The molecule has 0 bridgehead atoms. The van der Waals surface area contributed by atoms with Crippen molar-refractivity contribution in [3.05, 3.63) is 0 Å². The Morgan fingerprint density at radius 2 is 1.26 bits per heavy atom. The highest BCUT2D eigenvalue weighted by molar-refractivity contribution is 7.97. The van der Waals surface area contributed by atoms with E-state index in [0.29, 0.717) is 6.42 Å². The molecule has 1 saturated heterocycles. The highest BCUT2D eigenvalue weighted by Crippen LogP contribution is 2.16. The number of unbranched alkanes of at least 4 members (excludes halogenated alkanes) is 8. The van der Waals surface area contributed by atoms with E-state index < -0.39 is 5.97 Å². The third-order valence-corrected chi connectivity index (χ3v) is 6.54. The summed E-state index contributed by atoms with van der Waals surface area (Å²) >= 11 is 0. The van der Waals surface area contributed by atoms with E-state index in [0.717, 1.165) is 23.7 Å². The van der Waals surface area contributed by atoms with Gasteiger partial charge in [0.1, 0.15) is 17.3 Å². The van der Waals surface area contributed by atoms with Crippen LogP contribution < -0.4 is 0 Å². The van der Waals surface area contributed by atoms with Crippen molar-refractivity contribution < 1.29 is 9.90 Å². The number of carboxylic acids is 1. The topological polar surface area (TPSA) is 37.3 Å². The molecule has 0 radical (unpaired) electrons. The molecular formula is C16H31O2S+. The molecule has 19 heavy (non-hydrogen) atoms. The van der Waals surface area contributed by atoms with E-state index >= 15 is 0 Å². The number of hydrogen-bond acceptors (Lipinski definition) is 1. The molecule has 0 aromatic rings. The zero-order chi connectivity index (χ0) is 13.8. The highest BCUT2D eigenvalue weighted by atomic mass is 32.2. The quantitative estimate of drug-likeness (QED) is 0.427. The molecule has 1 heterocycles. The molecule has 1 N–H and O–H groups in total. The lowest BCUT2D eigenvalue weighted by atomic mass is 10.1. The first kappa shape index (κ1) is 16.9. The van der Waals surface area contributed by atoms with Gasteiger partial charge in [-0.05, 0) is 43.0 Å². The van der Waals surface area contributed by atoms with Crippen LogP contribution in [0.2, 0.25) is 0 Å². The minimum atomic E-state index is -0.650. The monoisotopic (exact) mass is 287 g/mol. The van der Waals surface area contributed by atoms with Crippen molar-refractivity contribution in [2.24, 2.45) is 0 Å². The maximum absolute atomic E-state index is 10.3. The average molecular weight is 287 g/mol. The average Bonchev–Trinajstić information content (AvgIpc) is 2.88. The van der Waals surface area contributed by atoms with Crippen molar-refractivity contribution in [3.63, 3.8) is 0 Å². The molecule has 0 aromatic heterocycles. The van der Waals surface area contributed by atoms with Gasteiger partial charge in [0.05, 0.1) is 0 Å². The SMILES string of the molecule is O=C(O)CCCCCCCCCCC[S+]1CCCC1. The molecule has 0 amide bonds. The fourth-order valence-corrected chi connectivity index (χ4v) is 5.19. The summed E-state index contributed by atoms with van der Waals surface area (Å²) in [7, 11) is 0.808. The van der Waals surface area contributed by atoms with Gasteiger partial charge in [-0.15, -0.1) is 0 Å². The van der Waals surface area contributed by atoms with Crippen LogP contribution in [0.4, 0.5) is 0 Å². The van der Waals surface area contributed by atoms with E-state index in [-0.39, 0.29) is 0 Å². The lowest BCUT2D eigenvalue weighted by molar-refractivity contribution is -0.137. The number of aliphatic carboxylic acids is 1. The first-order valence-corrected chi connectivity index (χ1v) is 9.88. The van der Waals surface area contributed by atoms with Crippen LogP contribution >= 0.6 is 0 Å². The van der Waals surface area contributed by atoms with Crippen LogP contribution in [-0.2, 0) is 15.7 Å². The predicted molar refractivity (Wildman–Crippen MR) is 85.0 cm³/mol. The van der Waals surface area contributed by atoms with Crippen molar-refractivity contribution in [1.82, 2.24) is 0 Å². The summed E-state index contributed by atoms with van der Waals surface area (Å²) in [5, 5.41) is 8.52. The van der Waals surface area contributed by atoms with Gasteiger partial charge in [-0.25, -0.2) is 0 Å². The lowest BCUT2D eigenvalue weighted by Gasteiger charge is -2.02.